The maximum atomic E-state index is 13.7. The van der Waals surface area contributed by atoms with Gasteiger partial charge < -0.3 is 4.90 Å². The van der Waals surface area contributed by atoms with E-state index in [0.717, 1.165) is 0 Å². The van der Waals surface area contributed by atoms with Gasteiger partial charge in [0, 0.05) is 35.4 Å². The second-order valence-electron chi connectivity index (χ2n) is 6.20. The third kappa shape index (κ3) is 3.02. The third-order valence-corrected chi connectivity index (χ3v) is 4.67. The normalized spacial score (nSPS) is 19.4. The highest BCUT2D eigenvalue weighted by atomic mass is 19.4. The molecule has 3 rings (SSSR count). The first-order valence-electron chi connectivity index (χ1n) is 7.84. The first kappa shape index (κ1) is 17.8. The fourth-order valence-electron chi connectivity index (χ4n) is 3.64. The van der Waals surface area contributed by atoms with Crippen molar-refractivity contribution in [1.29, 1.82) is 0 Å². The van der Waals surface area contributed by atoms with E-state index >= 15 is 0 Å². The molecule has 1 aromatic carbocycles. The van der Waals surface area contributed by atoms with E-state index in [4.69, 9.17) is 0 Å². The molecule has 0 amide bonds. The lowest BCUT2D eigenvalue weighted by atomic mass is 9.91. The van der Waals surface area contributed by atoms with Crippen molar-refractivity contribution >= 4 is 29.7 Å². The van der Waals surface area contributed by atoms with Crippen LogP contribution >= 0.6 is 0 Å². The summed E-state index contributed by atoms with van der Waals surface area (Å²) in [6, 6.07) is -0.917. The first-order valence-corrected chi connectivity index (χ1v) is 7.84. The van der Waals surface area contributed by atoms with E-state index in [1.807, 2.05) is 0 Å². The standard InChI is InChI=1S/C17H16F6N2/c1-3-10-13(17(21,22)23)14-11(6-7-24-14)12-5-4-9(8-16(18,19)20)25(2)15(10)12/h5-7,9H,3-4,8H2,1-2H3. The number of rotatable bonds is 2. The van der Waals surface area contributed by atoms with Crippen LogP contribution in [0.2, 0.25) is 0 Å². The summed E-state index contributed by atoms with van der Waals surface area (Å²) in [5, 5.41) is 0.870. The molecular formula is C17H16F6N2. The molecule has 0 saturated heterocycles. The highest BCUT2D eigenvalue weighted by molar-refractivity contribution is 5.98. The number of alkyl halides is 6. The molecule has 0 saturated carbocycles. The topological polar surface area (TPSA) is 15.6 Å². The average molecular weight is 362 g/mol. The maximum absolute atomic E-state index is 13.7. The van der Waals surface area contributed by atoms with Gasteiger partial charge in [-0.25, -0.2) is 0 Å². The van der Waals surface area contributed by atoms with Gasteiger partial charge in [-0.05, 0) is 24.5 Å². The zero-order valence-corrected chi connectivity index (χ0v) is 13.6. The van der Waals surface area contributed by atoms with Crippen LogP contribution in [0.1, 0.15) is 30.9 Å². The summed E-state index contributed by atoms with van der Waals surface area (Å²) in [6.45, 7) is 1.57. The molecule has 1 atom stereocenters. The van der Waals surface area contributed by atoms with E-state index in [-0.39, 0.29) is 29.8 Å². The average Bonchev–Trinajstić information content (AvgIpc) is 2.94. The Morgan fingerprint density at radius 3 is 2.40 bits per heavy atom. The molecule has 0 spiro atoms. The zero-order valence-electron chi connectivity index (χ0n) is 13.6. The van der Waals surface area contributed by atoms with Gasteiger partial charge in [-0.1, -0.05) is 13.0 Å². The molecule has 0 aliphatic carbocycles. The lowest BCUT2D eigenvalue weighted by Crippen LogP contribution is -2.46. The molecule has 2 aliphatic rings. The van der Waals surface area contributed by atoms with Crippen LogP contribution in [0.5, 0.6) is 0 Å². The molecule has 2 heterocycles. The maximum Gasteiger partial charge on any atom is 0.418 e. The van der Waals surface area contributed by atoms with Crippen molar-refractivity contribution in [2.75, 3.05) is 11.9 Å². The predicted molar refractivity (Wildman–Crippen MR) is 84.6 cm³/mol. The summed E-state index contributed by atoms with van der Waals surface area (Å²) in [6.07, 6.45) is -5.51. The van der Waals surface area contributed by atoms with Gasteiger partial charge in [0.2, 0.25) is 0 Å². The Balaban J connectivity index is 2.28. The van der Waals surface area contributed by atoms with Crippen LogP contribution in [0.15, 0.2) is 4.99 Å². The Morgan fingerprint density at radius 2 is 1.84 bits per heavy atom. The molecule has 2 aliphatic heterocycles. The highest BCUT2D eigenvalue weighted by Gasteiger charge is 2.41. The molecule has 0 N–H and O–H groups in total. The molecule has 25 heavy (non-hydrogen) atoms. The molecule has 0 radical (unpaired) electrons. The lowest BCUT2D eigenvalue weighted by Gasteiger charge is -2.36. The molecule has 2 nitrogen and oxygen atoms in total. The Bertz CT molecular complexity index is 848. The van der Waals surface area contributed by atoms with Crippen molar-refractivity contribution in [3.63, 3.8) is 0 Å². The van der Waals surface area contributed by atoms with Crippen molar-refractivity contribution in [2.45, 2.75) is 44.6 Å². The molecule has 0 fully saturated rings. The molecule has 136 valence electrons. The summed E-state index contributed by atoms with van der Waals surface area (Å²) >= 11 is 0. The van der Waals surface area contributed by atoms with Crippen LogP contribution in [0.25, 0.3) is 12.2 Å². The number of nitrogens with zero attached hydrogens (tertiary/aromatic N) is 2. The van der Waals surface area contributed by atoms with Gasteiger partial charge in [0.25, 0.3) is 0 Å². The van der Waals surface area contributed by atoms with E-state index in [0.29, 0.717) is 10.4 Å². The van der Waals surface area contributed by atoms with Crippen molar-refractivity contribution < 1.29 is 26.3 Å². The van der Waals surface area contributed by atoms with Crippen molar-refractivity contribution in [3.05, 3.63) is 21.6 Å². The van der Waals surface area contributed by atoms with Gasteiger partial charge in [0.15, 0.2) is 0 Å². The van der Waals surface area contributed by atoms with Crippen LogP contribution in [0.4, 0.5) is 37.7 Å². The van der Waals surface area contributed by atoms with E-state index in [1.165, 1.54) is 24.2 Å². The van der Waals surface area contributed by atoms with Gasteiger partial charge in [0.05, 0.1) is 17.7 Å². The lowest BCUT2D eigenvalue weighted by molar-refractivity contribution is -0.139. The molecule has 1 unspecified atom stereocenters. The van der Waals surface area contributed by atoms with Crippen molar-refractivity contribution in [1.82, 2.24) is 0 Å². The molecule has 1 aromatic rings. The Hall–Kier alpha value is -1.99. The minimum Gasteiger partial charge on any atom is -0.370 e. The summed E-state index contributed by atoms with van der Waals surface area (Å²) in [5.41, 5.74) is -0.751. The number of anilines is 1. The predicted octanol–water partition coefficient (Wildman–Crippen LogP) is 3.71. The highest BCUT2D eigenvalue weighted by Crippen LogP contribution is 2.41. The van der Waals surface area contributed by atoms with Gasteiger partial charge in [0.1, 0.15) is 0 Å². The minimum absolute atomic E-state index is 0.000625. The van der Waals surface area contributed by atoms with E-state index in [9.17, 15) is 26.3 Å². The van der Waals surface area contributed by atoms with Crippen LogP contribution in [0, 0.1) is 0 Å². The summed E-state index contributed by atoms with van der Waals surface area (Å²) in [4.78, 5) is 5.22. The van der Waals surface area contributed by atoms with Crippen LogP contribution in [-0.2, 0) is 12.6 Å². The Morgan fingerprint density at radius 1 is 1.16 bits per heavy atom. The fraction of sp³-hybridized carbons (Fsp3) is 0.471. The summed E-state index contributed by atoms with van der Waals surface area (Å²) in [5.74, 6) is 0. The molecule has 0 aromatic heterocycles. The van der Waals surface area contributed by atoms with Gasteiger partial charge in [-0.3, -0.25) is 4.99 Å². The molecule has 0 bridgehead atoms. The van der Waals surface area contributed by atoms with E-state index < -0.39 is 30.4 Å². The zero-order chi connectivity index (χ0) is 18.6. The quantitative estimate of drug-likeness (QED) is 0.733. The smallest absolute Gasteiger partial charge is 0.370 e. The van der Waals surface area contributed by atoms with Gasteiger partial charge in [-0.2, -0.15) is 26.3 Å². The SMILES string of the molecule is CCc1c(C(F)(F)F)c2c(c3c1N(C)C(CC(F)(F)F)CC=3)=CC=N2. The number of hydrogen-bond donors (Lipinski definition) is 0. The Labute approximate surface area is 140 Å². The second-order valence-corrected chi connectivity index (χ2v) is 6.20. The van der Waals surface area contributed by atoms with Crippen molar-refractivity contribution in [2.24, 2.45) is 4.99 Å². The fourth-order valence-corrected chi connectivity index (χ4v) is 3.64. The minimum atomic E-state index is -4.63. The third-order valence-electron chi connectivity index (χ3n) is 4.67. The summed E-state index contributed by atoms with van der Waals surface area (Å²) < 4.78 is 79.4. The number of benzene rings is 1. The van der Waals surface area contributed by atoms with Crippen LogP contribution < -0.4 is 15.3 Å². The Kier molecular flexibility index (Phi) is 4.12. The van der Waals surface area contributed by atoms with Gasteiger partial charge >= 0.3 is 12.4 Å². The van der Waals surface area contributed by atoms with Crippen LogP contribution in [0.3, 0.4) is 0 Å². The van der Waals surface area contributed by atoms with Crippen LogP contribution in [-0.4, -0.2) is 25.5 Å². The molecular weight excluding hydrogens is 346 g/mol. The summed E-state index contributed by atoms with van der Waals surface area (Å²) in [7, 11) is 1.43. The van der Waals surface area contributed by atoms with E-state index in [2.05, 4.69) is 4.99 Å². The van der Waals surface area contributed by atoms with Gasteiger partial charge in [-0.15, -0.1) is 0 Å². The van der Waals surface area contributed by atoms with E-state index in [1.54, 1.807) is 13.0 Å². The first-order chi connectivity index (χ1) is 11.5. The number of aliphatic imine (C=N–C) groups is 1. The molecule has 8 heteroatoms. The van der Waals surface area contributed by atoms with Crippen molar-refractivity contribution in [3.8, 4) is 0 Å². The largest absolute Gasteiger partial charge is 0.418 e. The number of hydrogen-bond acceptors (Lipinski definition) is 2. The number of fused-ring (bicyclic) bond motifs is 3. The monoisotopic (exact) mass is 362 g/mol. The number of halogens is 6. The second kappa shape index (κ2) is 5.78.